The lowest BCUT2D eigenvalue weighted by atomic mass is 10.2. The maximum absolute atomic E-state index is 12.8. The quantitative estimate of drug-likeness (QED) is 0.425. The summed E-state index contributed by atoms with van der Waals surface area (Å²) in [4.78, 5) is 13.5. The molecule has 1 amide bonds. The molecule has 0 bridgehead atoms. The van der Waals surface area contributed by atoms with Crippen LogP contribution in [0.3, 0.4) is 0 Å². The van der Waals surface area contributed by atoms with Gasteiger partial charge in [-0.15, -0.1) is 0 Å². The molecule has 1 unspecified atom stereocenters. The number of ether oxygens (including phenoxy) is 1. The summed E-state index contributed by atoms with van der Waals surface area (Å²) in [6, 6.07) is 12.2. The Morgan fingerprint density at radius 1 is 0.857 bits per heavy atom. The van der Waals surface area contributed by atoms with Crippen molar-refractivity contribution in [2.75, 3.05) is 20.2 Å². The normalized spacial score (nSPS) is 13.3. The van der Waals surface area contributed by atoms with E-state index in [0.717, 1.165) is 11.1 Å². The molecule has 0 N–H and O–H groups in total. The van der Waals surface area contributed by atoms with Gasteiger partial charge in [0.15, 0.2) is 0 Å². The second-order valence-electron chi connectivity index (χ2n) is 9.22. The van der Waals surface area contributed by atoms with Gasteiger partial charge in [0.2, 0.25) is 0 Å². The minimum atomic E-state index is -4.19. The van der Waals surface area contributed by atoms with E-state index in [9.17, 15) is 21.6 Å². The van der Waals surface area contributed by atoms with Gasteiger partial charge in [-0.05, 0) is 58.9 Å². The number of nitrogens with zero attached hydrogens (tertiary/aromatic N) is 1. The van der Waals surface area contributed by atoms with Gasteiger partial charge in [-0.1, -0.05) is 35.4 Å². The molecule has 0 spiro atoms. The van der Waals surface area contributed by atoms with Crippen LogP contribution in [0.4, 0.5) is 4.79 Å². The van der Waals surface area contributed by atoms with Gasteiger partial charge in [-0.3, -0.25) is 8.37 Å². The van der Waals surface area contributed by atoms with Gasteiger partial charge in [0.1, 0.15) is 5.60 Å². The second kappa shape index (κ2) is 11.5. The highest BCUT2D eigenvalue weighted by atomic mass is 32.2. The zero-order valence-corrected chi connectivity index (χ0v) is 22.5. The van der Waals surface area contributed by atoms with Crippen LogP contribution in [0.1, 0.15) is 38.3 Å². The number of amides is 1. The Hall–Kier alpha value is -2.47. The molecule has 194 valence electrons. The Morgan fingerprint density at radius 2 is 1.31 bits per heavy atom. The predicted molar refractivity (Wildman–Crippen MR) is 131 cm³/mol. The third-order valence-corrected chi connectivity index (χ3v) is 7.44. The summed E-state index contributed by atoms with van der Waals surface area (Å²) in [6.45, 7) is 8.24. The van der Waals surface area contributed by atoms with Crippen LogP contribution in [0.5, 0.6) is 0 Å². The van der Waals surface area contributed by atoms with E-state index in [2.05, 4.69) is 0 Å². The summed E-state index contributed by atoms with van der Waals surface area (Å²) in [7, 11) is -6.80. The number of carbonyl (C=O) groups excluding carboxylic acids is 1. The lowest BCUT2D eigenvalue weighted by Gasteiger charge is -2.27. The van der Waals surface area contributed by atoms with Crippen molar-refractivity contribution in [3.63, 3.8) is 0 Å². The van der Waals surface area contributed by atoms with Crippen LogP contribution in [0, 0.1) is 13.8 Å². The molecule has 0 aromatic heterocycles. The number of benzene rings is 2. The first-order valence-electron chi connectivity index (χ1n) is 11.0. The Kier molecular flexibility index (Phi) is 9.46. The topological polar surface area (TPSA) is 116 Å². The predicted octanol–water partition coefficient (Wildman–Crippen LogP) is 4.04. The molecule has 0 saturated carbocycles. The van der Waals surface area contributed by atoms with E-state index in [1.54, 1.807) is 45.0 Å². The van der Waals surface area contributed by atoms with Crippen LogP contribution in [0.15, 0.2) is 58.3 Å². The number of hydrogen-bond donors (Lipinski definition) is 0. The van der Waals surface area contributed by atoms with Crippen molar-refractivity contribution in [1.29, 1.82) is 0 Å². The largest absolute Gasteiger partial charge is 0.444 e. The third-order valence-electron chi connectivity index (χ3n) is 4.74. The van der Waals surface area contributed by atoms with Crippen molar-refractivity contribution in [2.45, 2.75) is 62.5 Å². The number of aryl methyl sites for hydroxylation is 2. The molecule has 0 saturated heterocycles. The highest BCUT2D eigenvalue weighted by Gasteiger charge is 2.27. The van der Waals surface area contributed by atoms with Crippen molar-refractivity contribution < 1.29 is 34.7 Å². The second-order valence-corrected chi connectivity index (χ2v) is 12.4. The van der Waals surface area contributed by atoms with Gasteiger partial charge in [-0.25, -0.2) is 4.79 Å². The van der Waals surface area contributed by atoms with E-state index >= 15 is 0 Å². The van der Waals surface area contributed by atoms with Crippen LogP contribution in [0.2, 0.25) is 0 Å². The summed E-state index contributed by atoms with van der Waals surface area (Å²) in [5.74, 6) is 0. The molecule has 0 aliphatic heterocycles. The maximum atomic E-state index is 12.8. The van der Waals surface area contributed by atoms with Crippen LogP contribution in [-0.4, -0.2) is 59.7 Å². The molecule has 0 aliphatic carbocycles. The lowest BCUT2D eigenvalue weighted by molar-refractivity contribution is 0.0216. The summed E-state index contributed by atoms with van der Waals surface area (Å²) < 4.78 is 66.4. The Labute approximate surface area is 208 Å². The van der Waals surface area contributed by atoms with E-state index in [4.69, 9.17) is 13.1 Å². The fraction of sp³-hybridized carbons (Fsp3) is 0.458. The Morgan fingerprint density at radius 3 is 1.77 bits per heavy atom. The highest BCUT2D eigenvalue weighted by Crippen LogP contribution is 2.19. The SMILES string of the molecule is Cc1ccc(S(=O)(=O)OCCC(CN(C)C(=O)OC(C)(C)C)OS(=O)(=O)c2ccc(C)cc2)cc1. The molecule has 0 heterocycles. The fourth-order valence-corrected chi connectivity index (χ4v) is 4.91. The smallest absolute Gasteiger partial charge is 0.410 e. The van der Waals surface area contributed by atoms with Crippen molar-refractivity contribution >= 4 is 26.3 Å². The number of hydrogen-bond acceptors (Lipinski definition) is 8. The number of rotatable bonds is 10. The first-order valence-corrected chi connectivity index (χ1v) is 13.8. The van der Waals surface area contributed by atoms with E-state index in [1.807, 2.05) is 13.8 Å². The number of likely N-dealkylation sites (N-methyl/N-ethyl adjacent to an activating group) is 1. The molecule has 0 radical (unpaired) electrons. The third kappa shape index (κ3) is 9.25. The zero-order chi connectivity index (χ0) is 26.4. The molecule has 9 nitrogen and oxygen atoms in total. The fourth-order valence-electron chi connectivity index (χ4n) is 2.89. The molecule has 2 aromatic carbocycles. The highest BCUT2D eigenvalue weighted by molar-refractivity contribution is 7.87. The van der Waals surface area contributed by atoms with Crippen molar-refractivity contribution in [3.8, 4) is 0 Å². The van der Waals surface area contributed by atoms with E-state index < -0.39 is 38.0 Å². The van der Waals surface area contributed by atoms with Gasteiger partial charge in [0.05, 0.1) is 29.0 Å². The van der Waals surface area contributed by atoms with Gasteiger partial charge >= 0.3 is 6.09 Å². The average molecular weight is 528 g/mol. The van der Waals surface area contributed by atoms with Crippen LogP contribution >= 0.6 is 0 Å². The van der Waals surface area contributed by atoms with Crippen molar-refractivity contribution in [2.24, 2.45) is 0 Å². The van der Waals surface area contributed by atoms with Crippen LogP contribution < -0.4 is 0 Å². The molecule has 1 atom stereocenters. The van der Waals surface area contributed by atoms with E-state index in [-0.39, 0.29) is 29.4 Å². The van der Waals surface area contributed by atoms with E-state index in [0.29, 0.717) is 0 Å². The average Bonchev–Trinajstić information content (AvgIpc) is 2.72. The maximum Gasteiger partial charge on any atom is 0.410 e. The summed E-state index contributed by atoms with van der Waals surface area (Å²) in [6.07, 6.45) is -1.89. The van der Waals surface area contributed by atoms with Crippen molar-refractivity contribution in [1.82, 2.24) is 4.90 Å². The number of carbonyl (C=O) groups is 1. The molecule has 0 aliphatic rings. The van der Waals surface area contributed by atoms with Crippen LogP contribution in [-0.2, 0) is 33.3 Å². The van der Waals surface area contributed by atoms with Gasteiger partial charge in [0, 0.05) is 13.5 Å². The standard InChI is InChI=1S/C24H33NO8S2/c1-18-7-11-21(12-8-18)34(27,28)31-16-15-20(17-25(6)23(26)32-24(3,4)5)33-35(29,30)22-13-9-19(2)10-14-22/h7-14,20H,15-17H2,1-6H3. The molecule has 35 heavy (non-hydrogen) atoms. The van der Waals surface area contributed by atoms with Gasteiger partial charge in [0.25, 0.3) is 20.2 Å². The minimum absolute atomic E-state index is 0.0151. The monoisotopic (exact) mass is 527 g/mol. The zero-order valence-electron chi connectivity index (χ0n) is 20.8. The van der Waals surface area contributed by atoms with Gasteiger partial charge < -0.3 is 9.64 Å². The summed E-state index contributed by atoms with van der Waals surface area (Å²) in [5, 5.41) is 0. The van der Waals surface area contributed by atoms with Crippen molar-refractivity contribution in [3.05, 3.63) is 59.7 Å². The first kappa shape index (κ1) is 28.8. The first-order chi connectivity index (χ1) is 16.1. The molecule has 0 fully saturated rings. The van der Waals surface area contributed by atoms with Gasteiger partial charge in [-0.2, -0.15) is 16.8 Å². The van der Waals surface area contributed by atoms with E-state index in [1.165, 1.54) is 36.2 Å². The molecule has 2 rings (SSSR count). The summed E-state index contributed by atoms with van der Waals surface area (Å²) >= 11 is 0. The molecule has 2 aromatic rings. The molecular weight excluding hydrogens is 494 g/mol. The lowest BCUT2D eigenvalue weighted by Crippen LogP contribution is -2.40. The Bertz CT molecular complexity index is 1200. The minimum Gasteiger partial charge on any atom is -0.444 e. The van der Waals surface area contributed by atoms with Crippen LogP contribution in [0.25, 0.3) is 0 Å². The summed E-state index contributed by atoms with van der Waals surface area (Å²) in [5.41, 5.74) is 1.02. The molecular formula is C24H33NO8S2. The Balaban J connectivity index is 2.16. The molecule has 11 heteroatoms.